The Kier molecular flexibility index (Phi) is 3.66. The van der Waals surface area contributed by atoms with Gasteiger partial charge in [0.05, 0.1) is 18.9 Å². The Labute approximate surface area is 105 Å². The van der Waals surface area contributed by atoms with Crippen molar-refractivity contribution < 1.29 is 4.74 Å². The second-order valence-corrected chi connectivity index (χ2v) is 5.02. The van der Waals surface area contributed by atoms with E-state index >= 15 is 0 Å². The van der Waals surface area contributed by atoms with Crippen LogP contribution in [0, 0.1) is 6.92 Å². The van der Waals surface area contributed by atoms with Crippen molar-refractivity contribution in [3.8, 4) is 0 Å². The minimum absolute atomic E-state index is 0.0599. The molecule has 86 valence electrons. The highest BCUT2D eigenvalue weighted by Gasteiger charge is 2.17. The predicted molar refractivity (Wildman–Crippen MR) is 69.1 cm³/mol. The Morgan fingerprint density at radius 3 is 2.88 bits per heavy atom. The summed E-state index contributed by atoms with van der Waals surface area (Å²) in [6.07, 6.45) is 3.91. The zero-order chi connectivity index (χ0) is 11.5. The number of hydrogen-bond acceptors (Lipinski definition) is 2. The van der Waals surface area contributed by atoms with Gasteiger partial charge in [-0.1, -0.05) is 28.1 Å². The van der Waals surface area contributed by atoms with Gasteiger partial charge in [-0.2, -0.15) is 0 Å². The molecule has 1 heterocycles. The summed E-state index contributed by atoms with van der Waals surface area (Å²) in [5.74, 6) is 0. The maximum absolute atomic E-state index is 6.24. The first-order valence-corrected chi connectivity index (χ1v) is 6.30. The number of benzene rings is 1. The van der Waals surface area contributed by atoms with Gasteiger partial charge in [0.2, 0.25) is 0 Å². The quantitative estimate of drug-likeness (QED) is 0.901. The highest BCUT2D eigenvalue weighted by Crippen LogP contribution is 2.30. The molecule has 1 atom stereocenters. The molecule has 1 aliphatic rings. The zero-order valence-corrected chi connectivity index (χ0v) is 11.0. The molecule has 0 radical (unpaired) electrons. The van der Waals surface area contributed by atoms with Gasteiger partial charge >= 0.3 is 0 Å². The van der Waals surface area contributed by atoms with Crippen molar-refractivity contribution in [2.24, 2.45) is 5.73 Å². The molecule has 1 aromatic rings. The van der Waals surface area contributed by atoms with Crippen molar-refractivity contribution in [3.05, 3.63) is 45.6 Å². The minimum atomic E-state index is -0.0599. The summed E-state index contributed by atoms with van der Waals surface area (Å²) < 4.78 is 6.41. The van der Waals surface area contributed by atoms with Crippen LogP contribution in [-0.2, 0) is 4.74 Å². The van der Waals surface area contributed by atoms with Crippen LogP contribution in [0.4, 0.5) is 0 Å². The number of halogens is 1. The average Bonchev–Trinajstić information content (AvgIpc) is 2.29. The van der Waals surface area contributed by atoms with Gasteiger partial charge in [0.25, 0.3) is 0 Å². The smallest absolute Gasteiger partial charge is 0.0876 e. The van der Waals surface area contributed by atoms with Gasteiger partial charge < -0.3 is 10.5 Å². The summed E-state index contributed by atoms with van der Waals surface area (Å²) in [6, 6.07) is 6.21. The molecule has 3 heteroatoms. The molecule has 1 aromatic carbocycles. The van der Waals surface area contributed by atoms with Crippen molar-refractivity contribution in [1.82, 2.24) is 0 Å². The first-order valence-electron chi connectivity index (χ1n) is 5.50. The molecule has 2 N–H and O–H groups in total. The first kappa shape index (κ1) is 11.7. The summed E-state index contributed by atoms with van der Waals surface area (Å²) in [6.45, 7) is 2.88. The van der Waals surface area contributed by atoms with Gasteiger partial charge in [-0.3, -0.25) is 0 Å². The minimum Gasteiger partial charge on any atom is -0.501 e. The van der Waals surface area contributed by atoms with Crippen LogP contribution >= 0.6 is 15.9 Å². The standard InChI is InChI=1S/C13H16BrNO/c1-9-4-5-11(12(14)7-9)13(15)10-3-2-6-16-8-10/h4-5,7-8,13H,2-3,6,15H2,1H3. The van der Waals surface area contributed by atoms with Crippen LogP contribution in [0.3, 0.4) is 0 Å². The fourth-order valence-corrected chi connectivity index (χ4v) is 2.64. The third-order valence-corrected chi connectivity index (χ3v) is 3.54. The van der Waals surface area contributed by atoms with Crippen molar-refractivity contribution in [2.45, 2.75) is 25.8 Å². The molecule has 1 aliphatic heterocycles. The van der Waals surface area contributed by atoms with Gasteiger partial charge in [0.1, 0.15) is 0 Å². The molecule has 0 saturated carbocycles. The number of ether oxygens (including phenoxy) is 1. The Morgan fingerprint density at radius 2 is 2.25 bits per heavy atom. The normalized spacial score (nSPS) is 17.6. The van der Waals surface area contributed by atoms with Gasteiger partial charge in [0.15, 0.2) is 0 Å². The summed E-state index contributed by atoms with van der Waals surface area (Å²) >= 11 is 3.57. The number of rotatable bonds is 2. The van der Waals surface area contributed by atoms with Gasteiger partial charge in [-0.15, -0.1) is 0 Å². The van der Waals surface area contributed by atoms with Crippen LogP contribution in [0.25, 0.3) is 0 Å². The molecular formula is C13H16BrNO. The van der Waals surface area contributed by atoms with Crippen molar-refractivity contribution in [3.63, 3.8) is 0 Å². The van der Waals surface area contributed by atoms with Crippen LogP contribution in [0.2, 0.25) is 0 Å². The van der Waals surface area contributed by atoms with Crippen LogP contribution in [0.1, 0.15) is 30.0 Å². The van der Waals surface area contributed by atoms with Crippen LogP contribution in [0.5, 0.6) is 0 Å². The Bertz CT molecular complexity index is 414. The molecule has 2 rings (SSSR count). The molecule has 0 saturated heterocycles. The first-order chi connectivity index (χ1) is 7.68. The van der Waals surface area contributed by atoms with Gasteiger partial charge in [0, 0.05) is 4.47 Å². The molecule has 0 spiro atoms. The summed E-state index contributed by atoms with van der Waals surface area (Å²) in [5.41, 5.74) is 9.78. The van der Waals surface area contributed by atoms with Crippen LogP contribution < -0.4 is 5.73 Å². The largest absolute Gasteiger partial charge is 0.501 e. The number of aryl methyl sites for hydroxylation is 1. The SMILES string of the molecule is Cc1ccc(C(N)C2=COCCC2)c(Br)c1. The second-order valence-electron chi connectivity index (χ2n) is 4.17. The molecule has 0 aromatic heterocycles. The van der Waals surface area contributed by atoms with E-state index in [1.165, 1.54) is 11.1 Å². The van der Waals surface area contributed by atoms with Crippen LogP contribution in [0.15, 0.2) is 34.5 Å². The van der Waals surface area contributed by atoms with E-state index < -0.39 is 0 Å². The van der Waals surface area contributed by atoms with E-state index in [9.17, 15) is 0 Å². The average molecular weight is 282 g/mol. The molecule has 0 aliphatic carbocycles. The van der Waals surface area contributed by atoms with E-state index in [2.05, 4.69) is 41.1 Å². The maximum atomic E-state index is 6.24. The molecule has 2 nitrogen and oxygen atoms in total. The molecule has 16 heavy (non-hydrogen) atoms. The van der Waals surface area contributed by atoms with E-state index in [1.807, 2.05) is 6.26 Å². The monoisotopic (exact) mass is 281 g/mol. The molecule has 0 fully saturated rings. The zero-order valence-electron chi connectivity index (χ0n) is 9.37. The highest BCUT2D eigenvalue weighted by atomic mass is 79.9. The summed E-state index contributed by atoms with van der Waals surface area (Å²) in [7, 11) is 0. The number of nitrogens with two attached hydrogens (primary N) is 1. The Balaban J connectivity index is 2.26. The van der Waals surface area contributed by atoms with Crippen LogP contribution in [-0.4, -0.2) is 6.61 Å². The topological polar surface area (TPSA) is 35.2 Å². The van der Waals surface area contributed by atoms with Gasteiger partial charge in [-0.05, 0) is 42.5 Å². The molecule has 0 bridgehead atoms. The lowest BCUT2D eigenvalue weighted by molar-refractivity contribution is 0.221. The van der Waals surface area contributed by atoms with E-state index in [0.717, 1.165) is 29.5 Å². The number of hydrogen-bond donors (Lipinski definition) is 1. The lowest BCUT2D eigenvalue weighted by atomic mass is 9.95. The third kappa shape index (κ3) is 2.47. The highest BCUT2D eigenvalue weighted by molar-refractivity contribution is 9.10. The summed E-state index contributed by atoms with van der Waals surface area (Å²) in [4.78, 5) is 0. The lowest BCUT2D eigenvalue weighted by Gasteiger charge is -2.21. The lowest BCUT2D eigenvalue weighted by Crippen LogP contribution is -2.16. The maximum Gasteiger partial charge on any atom is 0.0876 e. The van der Waals surface area contributed by atoms with Crippen molar-refractivity contribution >= 4 is 15.9 Å². The molecule has 1 unspecified atom stereocenters. The Hall–Kier alpha value is -0.800. The van der Waals surface area contributed by atoms with Gasteiger partial charge in [-0.25, -0.2) is 0 Å². The predicted octanol–water partition coefficient (Wildman–Crippen LogP) is 3.45. The van der Waals surface area contributed by atoms with Crippen molar-refractivity contribution in [1.29, 1.82) is 0 Å². The van der Waals surface area contributed by atoms with E-state index in [1.54, 1.807) is 0 Å². The van der Waals surface area contributed by atoms with Crippen molar-refractivity contribution in [2.75, 3.05) is 6.61 Å². The molecular weight excluding hydrogens is 266 g/mol. The fraction of sp³-hybridized carbons (Fsp3) is 0.385. The van der Waals surface area contributed by atoms with E-state index in [0.29, 0.717) is 0 Å². The molecule has 0 amide bonds. The van der Waals surface area contributed by atoms with E-state index in [4.69, 9.17) is 10.5 Å². The van der Waals surface area contributed by atoms with E-state index in [-0.39, 0.29) is 6.04 Å². The third-order valence-electron chi connectivity index (χ3n) is 2.85. The summed E-state index contributed by atoms with van der Waals surface area (Å²) in [5, 5.41) is 0. The second kappa shape index (κ2) is 5.02. The fourth-order valence-electron chi connectivity index (χ4n) is 1.90. The Morgan fingerprint density at radius 1 is 1.44 bits per heavy atom.